The quantitative estimate of drug-likeness (QED) is 0.807. The highest BCUT2D eigenvalue weighted by atomic mass is 32.2. The van der Waals surface area contributed by atoms with Crippen molar-refractivity contribution in [3.05, 3.63) is 18.2 Å². The van der Waals surface area contributed by atoms with Crippen molar-refractivity contribution < 1.29 is 13.2 Å². The molecule has 0 radical (unpaired) electrons. The molecule has 18 heavy (non-hydrogen) atoms. The molecule has 0 saturated heterocycles. The first-order chi connectivity index (χ1) is 8.34. The van der Waals surface area contributed by atoms with Crippen molar-refractivity contribution in [2.75, 3.05) is 18.6 Å². The number of rotatable bonds is 6. The third-order valence-corrected chi connectivity index (χ3v) is 3.82. The van der Waals surface area contributed by atoms with Crippen molar-refractivity contribution in [3.8, 4) is 5.75 Å². The van der Waals surface area contributed by atoms with Crippen LogP contribution in [0.25, 0.3) is 0 Å². The van der Waals surface area contributed by atoms with Crippen molar-refractivity contribution >= 4 is 15.5 Å². The van der Waals surface area contributed by atoms with Gasteiger partial charge in [-0.3, -0.25) is 0 Å². The second-order valence-corrected chi connectivity index (χ2v) is 6.69. The maximum Gasteiger partial charge on any atom is 0.175 e. The fourth-order valence-corrected chi connectivity index (χ4v) is 2.35. The van der Waals surface area contributed by atoms with Gasteiger partial charge < -0.3 is 10.5 Å². The van der Waals surface area contributed by atoms with Crippen LogP contribution >= 0.6 is 0 Å². The van der Waals surface area contributed by atoms with E-state index in [9.17, 15) is 8.42 Å². The van der Waals surface area contributed by atoms with Crippen molar-refractivity contribution in [3.63, 3.8) is 0 Å². The van der Waals surface area contributed by atoms with Crippen molar-refractivity contribution in [1.29, 1.82) is 0 Å². The molecule has 1 aromatic rings. The lowest BCUT2D eigenvalue weighted by Crippen LogP contribution is -2.09. The molecule has 102 valence electrons. The topological polar surface area (TPSA) is 69.4 Å². The van der Waals surface area contributed by atoms with Gasteiger partial charge in [0.25, 0.3) is 0 Å². The molecule has 0 bridgehead atoms. The Morgan fingerprint density at radius 2 is 2.06 bits per heavy atom. The zero-order valence-electron chi connectivity index (χ0n) is 11.1. The second kappa shape index (κ2) is 6.09. The minimum Gasteiger partial charge on any atom is -0.491 e. The molecule has 0 spiro atoms. The molecule has 0 aliphatic carbocycles. The van der Waals surface area contributed by atoms with E-state index in [1.54, 1.807) is 6.07 Å². The average molecular weight is 271 g/mol. The SMILES string of the molecule is CCCC(C)COc1ccc(S(C)(=O)=O)cc1N. The van der Waals surface area contributed by atoms with Gasteiger partial charge in [-0.05, 0) is 30.5 Å². The summed E-state index contributed by atoms with van der Waals surface area (Å²) in [6.07, 6.45) is 3.37. The fourth-order valence-electron chi connectivity index (χ4n) is 1.70. The summed E-state index contributed by atoms with van der Waals surface area (Å²) >= 11 is 0. The van der Waals surface area contributed by atoms with Crippen LogP contribution in [0.3, 0.4) is 0 Å². The monoisotopic (exact) mass is 271 g/mol. The lowest BCUT2D eigenvalue weighted by atomic mass is 10.1. The second-order valence-electron chi connectivity index (χ2n) is 4.68. The van der Waals surface area contributed by atoms with Gasteiger partial charge in [-0.25, -0.2) is 8.42 Å². The molecule has 0 heterocycles. The summed E-state index contributed by atoms with van der Waals surface area (Å²) in [4.78, 5) is 0.217. The van der Waals surface area contributed by atoms with Gasteiger partial charge in [0.2, 0.25) is 0 Å². The van der Waals surface area contributed by atoms with E-state index in [0.717, 1.165) is 19.1 Å². The number of ether oxygens (including phenoxy) is 1. The molecule has 4 nitrogen and oxygen atoms in total. The lowest BCUT2D eigenvalue weighted by molar-refractivity contribution is 0.252. The largest absolute Gasteiger partial charge is 0.491 e. The summed E-state index contributed by atoms with van der Waals surface area (Å²) in [6, 6.07) is 4.57. The van der Waals surface area contributed by atoms with E-state index >= 15 is 0 Å². The van der Waals surface area contributed by atoms with Gasteiger partial charge in [0, 0.05) is 6.26 Å². The smallest absolute Gasteiger partial charge is 0.175 e. The fraction of sp³-hybridized carbons (Fsp3) is 0.538. The Labute approximate surface area is 109 Å². The molecule has 0 saturated carbocycles. The zero-order valence-corrected chi connectivity index (χ0v) is 12.0. The Bertz CT molecular complexity index is 497. The summed E-state index contributed by atoms with van der Waals surface area (Å²) < 4.78 is 28.3. The predicted octanol–water partition coefficient (Wildman–Crippen LogP) is 2.49. The number of nitrogens with two attached hydrogens (primary N) is 1. The van der Waals surface area contributed by atoms with Crippen LogP contribution in [0.4, 0.5) is 5.69 Å². The molecule has 5 heteroatoms. The standard InChI is InChI=1S/C13H21NO3S/c1-4-5-10(2)9-17-13-7-6-11(8-12(13)14)18(3,15)16/h6-8,10H,4-5,9,14H2,1-3H3. The van der Waals surface area contributed by atoms with Crippen LogP contribution in [0.1, 0.15) is 26.7 Å². The molecule has 2 N–H and O–H groups in total. The van der Waals surface area contributed by atoms with E-state index in [-0.39, 0.29) is 4.90 Å². The molecule has 0 aliphatic heterocycles. The van der Waals surface area contributed by atoms with Crippen molar-refractivity contribution in [2.24, 2.45) is 5.92 Å². The third kappa shape index (κ3) is 4.22. The zero-order chi connectivity index (χ0) is 13.8. The van der Waals surface area contributed by atoms with Crippen LogP contribution in [-0.4, -0.2) is 21.3 Å². The molecule has 1 atom stereocenters. The van der Waals surface area contributed by atoms with Gasteiger partial charge in [0.15, 0.2) is 9.84 Å². The molecule has 1 rings (SSSR count). The van der Waals surface area contributed by atoms with E-state index in [4.69, 9.17) is 10.5 Å². The number of anilines is 1. The highest BCUT2D eigenvalue weighted by Gasteiger charge is 2.10. The van der Waals surface area contributed by atoms with Crippen LogP contribution < -0.4 is 10.5 Å². The van der Waals surface area contributed by atoms with Gasteiger partial charge in [0.05, 0.1) is 17.2 Å². The summed E-state index contributed by atoms with van der Waals surface area (Å²) in [7, 11) is -3.22. The summed E-state index contributed by atoms with van der Waals surface area (Å²) in [6.45, 7) is 4.84. The maximum atomic E-state index is 11.4. The molecule has 1 unspecified atom stereocenters. The first-order valence-electron chi connectivity index (χ1n) is 6.07. The summed E-state index contributed by atoms with van der Waals surface area (Å²) in [5.41, 5.74) is 6.15. The minimum atomic E-state index is -3.22. The van der Waals surface area contributed by atoms with E-state index in [0.29, 0.717) is 24.0 Å². The Morgan fingerprint density at radius 3 is 2.56 bits per heavy atom. The molecule has 0 fully saturated rings. The number of sulfone groups is 1. The van der Waals surface area contributed by atoms with Gasteiger partial charge in [-0.1, -0.05) is 20.3 Å². The highest BCUT2D eigenvalue weighted by Crippen LogP contribution is 2.25. The molecule has 0 amide bonds. The van der Waals surface area contributed by atoms with Gasteiger partial charge in [-0.2, -0.15) is 0 Å². The van der Waals surface area contributed by atoms with Crippen molar-refractivity contribution in [1.82, 2.24) is 0 Å². The lowest BCUT2D eigenvalue weighted by Gasteiger charge is -2.14. The number of benzene rings is 1. The Morgan fingerprint density at radius 1 is 1.39 bits per heavy atom. The average Bonchev–Trinajstić information content (AvgIpc) is 2.26. The van der Waals surface area contributed by atoms with Crippen LogP contribution in [0.5, 0.6) is 5.75 Å². The Hall–Kier alpha value is -1.23. The van der Waals surface area contributed by atoms with E-state index < -0.39 is 9.84 Å². The van der Waals surface area contributed by atoms with Crippen LogP contribution in [-0.2, 0) is 9.84 Å². The molecule has 1 aromatic carbocycles. The predicted molar refractivity (Wildman–Crippen MR) is 73.5 cm³/mol. The molecule has 0 aromatic heterocycles. The van der Waals surface area contributed by atoms with Crippen molar-refractivity contribution in [2.45, 2.75) is 31.6 Å². The van der Waals surface area contributed by atoms with E-state index in [2.05, 4.69) is 13.8 Å². The molecular formula is C13H21NO3S. The number of hydrogen-bond donors (Lipinski definition) is 1. The van der Waals surface area contributed by atoms with E-state index in [1.165, 1.54) is 12.1 Å². The summed E-state index contributed by atoms with van der Waals surface area (Å²) in [5, 5.41) is 0. The van der Waals surface area contributed by atoms with Crippen LogP contribution in [0.2, 0.25) is 0 Å². The van der Waals surface area contributed by atoms with Gasteiger partial charge in [0.1, 0.15) is 5.75 Å². The molecular weight excluding hydrogens is 250 g/mol. The Kier molecular flexibility index (Phi) is 5.02. The van der Waals surface area contributed by atoms with Gasteiger partial charge in [-0.15, -0.1) is 0 Å². The van der Waals surface area contributed by atoms with Gasteiger partial charge >= 0.3 is 0 Å². The normalized spacial score (nSPS) is 13.3. The number of nitrogen functional groups attached to an aromatic ring is 1. The van der Waals surface area contributed by atoms with Crippen LogP contribution in [0.15, 0.2) is 23.1 Å². The minimum absolute atomic E-state index is 0.217. The summed E-state index contributed by atoms with van der Waals surface area (Å²) in [5.74, 6) is 1.01. The maximum absolute atomic E-state index is 11.4. The number of hydrogen-bond acceptors (Lipinski definition) is 4. The Balaban J connectivity index is 2.75. The molecule has 0 aliphatic rings. The third-order valence-electron chi connectivity index (χ3n) is 2.71. The first kappa shape index (κ1) is 14.8. The van der Waals surface area contributed by atoms with E-state index in [1.807, 2.05) is 0 Å². The van der Waals surface area contributed by atoms with Crippen LogP contribution in [0, 0.1) is 5.92 Å². The highest BCUT2D eigenvalue weighted by molar-refractivity contribution is 7.90. The first-order valence-corrected chi connectivity index (χ1v) is 7.96.